The third-order valence-corrected chi connectivity index (χ3v) is 2.70. The molecule has 5 heteroatoms. The monoisotopic (exact) mass is 252 g/mol. The number of hydrogen-bond acceptors (Lipinski definition) is 3. The Morgan fingerprint density at radius 3 is 2.82 bits per heavy atom. The predicted octanol–water partition coefficient (Wildman–Crippen LogP) is 2.49. The van der Waals surface area contributed by atoms with Gasteiger partial charge in [-0.1, -0.05) is 0 Å². The van der Waals surface area contributed by atoms with Crippen LogP contribution in [0.3, 0.4) is 0 Å². The Kier molecular flexibility index (Phi) is 4.98. The molecule has 0 aliphatic heterocycles. The maximum absolute atomic E-state index is 13.0. The van der Waals surface area contributed by atoms with E-state index in [1.165, 1.54) is 18.2 Å². The summed E-state index contributed by atoms with van der Waals surface area (Å²) in [5.41, 5.74) is 0.385. The fourth-order valence-electron chi connectivity index (χ4n) is 1.42. The van der Waals surface area contributed by atoms with Crippen LogP contribution in [0, 0.1) is 17.1 Å². The van der Waals surface area contributed by atoms with Gasteiger partial charge in [0.05, 0.1) is 12.5 Å². The lowest BCUT2D eigenvalue weighted by Crippen LogP contribution is -2.31. The predicted molar refractivity (Wildman–Crippen MR) is 65.5 cm³/mol. The number of carbonyl (C=O) groups is 1. The first-order valence-electron chi connectivity index (χ1n) is 5.25. The van der Waals surface area contributed by atoms with Gasteiger partial charge < -0.3 is 4.90 Å². The molecule has 1 aromatic rings. The van der Waals surface area contributed by atoms with Crippen molar-refractivity contribution in [3.63, 3.8) is 0 Å². The fraction of sp³-hybridized carbons (Fsp3) is 0.333. The van der Waals surface area contributed by atoms with Crippen LogP contribution in [0.25, 0.3) is 0 Å². The number of hydrogen-bond donors (Lipinski definition) is 1. The Morgan fingerprint density at radius 1 is 1.59 bits per heavy atom. The zero-order chi connectivity index (χ0) is 12.8. The molecule has 0 spiro atoms. The molecule has 0 unspecified atom stereocenters. The number of rotatable bonds is 4. The van der Waals surface area contributed by atoms with Crippen LogP contribution in [0.2, 0.25) is 0 Å². The van der Waals surface area contributed by atoms with E-state index >= 15 is 0 Å². The van der Waals surface area contributed by atoms with Crippen molar-refractivity contribution in [3.05, 3.63) is 29.6 Å². The van der Waals surface area contributed by atoms with Crippen molar-refractivity contribution in [1.82, 2.24) is 4.90 Å². The van der Waals surface area contributed by atoms with Crippen LogP contribution in [0.1, 0.15) is 23.7 Å². The van der Waals surface area contributed by atoms with E-state index in [0.717, 1.165) is 0 Å². The van der Waals surface area contributed by atoms with Crippen LogP contribution < -0.4 is 0 Å². The molecule has 0 N–H and O–H groups in total. The molecular weight excluding hydrogens is 239 g/mol. The average molecular weight is 252 g/mol. The largest absolute Gasteiger partial charge is 0.338 e. The van der Waals surface area contributed by atoms with Crippen molar-refractivity contribution in [1.29, 1.82) is 5.26 Å². The van der Waals surface area contributed by atoms with Gasteiger partial charge in [0.15, 0.2) is 0 Å². The van der Waals surface area contributed by atoms with Gasteiger partial charge >= 0.3 is 0 Å². The molecule has 0 aliphatic carbocycles. The number of nitrogens with zero attached hydrogens (tertiary/aromatic N) is 2. The zero-order valence-electron chi connectivity index (χ0n) is 9.48. The molecule has 3 nitrogen and oxygen atoms in total. The van der Waals surface area contributed by atoms with Crippen molar-refractivity contribution in [2.24, 2.45) is 0 Å². The van der Waals surface area contributed by atoms with Gasteiger partial charge in [-0.2, -0.15) is 5.26 Å². The van der Waals surface area contributed by atoms with Crippen LogP contribution in [-0.4, -0.2) is 23.9 Å². The lowest BCUT2D eigenvalue weighted by Gasteiger charge is -2.19. The van der Waals surface area contributed by atoms with Gasteiger partial charge in [0, 0.05) is 23.5 Å². The Labute approximate surface area is 105 Å². The molecule has 0 saturated carbocycles. The third kappa shape index (κ3) is 3.46. The first-order valence-corrected chi connectivity index (χ1v) is 5.69. The van der Waals surface area contributed by atoms with Crippen LogP contribution in [0.15, 0.2) is 23.1 Å². The number of halogens is 1. The van der Waals surface area contributed by atoms with Gasteiger partial charge in [0.1, 0.15) is 5.82 Å². The van der Waals surface area contributed by atoms with Crippen LogP contribution >= 0.6 is 12.6 Å². The van der Waals surface area contributed by atoms with Crippen LogP contribution in [-0.2, 0) is 0 Å². The van der Waals surface area contributed by atoms with Crippen molar-refractivity contribution < 1.29 is 9.18 Å². The molecule has 1 amide bonds. The summed E-state index contributed by atoms with van der Waals surface area (Å²) in [5, 5.41) is 8.49. The highest BCUT2D eigenvalue weighted by molar-refractivity contribution is 7.80. The minimum atomic E-state index is -0.454. The Morgan fingerprint density at radius 2 is 2.29 bits per heavy atom. The molecule has 1 aromatic carbocycles. The van der Waals surface area contributed by atoms with Crippen molar-refractivity contribution in [2.45, 2.75) is 18.2 Å². The van der Waals surface area contributed by atoms with Gasteiger partial charge in [-0.05, 0) is 25.1 Å². The minimum Gasteiger partial charge on any atom is -0.338 e. The van der Waals surface area contributed by atoms with Crippen molar-refractivity contribution in [3.8, 4) is 6.07 Å². The zero-order valence-corrected chi connectivity index (χ0v) is 10.4. The first kappa shape index (κ1) is 13.5. The van der Waals surface area contributed by atoms with Gasteiger partial charge in [-0.3, -0.25) is 4.79 Å². The lowest BCUT2D eigenvalue weighted by molar-refractivity contribution is 0.0767. The fourth-order valence-corrected chi connectivity index (χ4v) is 1.63. The van der Waals surface area contributed by atoms with E-state index in [0.29, 0.717) is 18.7 Å². The highest BCUT2D eigenvalue weighted by Gasteiger charge is 2.14. The molecule has 0 heterocycles. The topological polar surface area (TPSA) is 44.1 Å². The molecule has 0 radical (unpaired) electrons. The summed E-state index contributed by atoms with van der Waals surface area (Å²) in [4.78, 5) is 13.7. The molecule has 17 heavy (non-hydrogen) atoms. The van der Waals surface area contributed by atoms with Gasteiger partial charge in [-0.25, -0.2) is 4.39 Å². The molecule has 0 aliphatic rings. The van der Waals surface area contributed by atoms with E-state index < -0.39 is 5.82 Å². The number of carbonyl (C=O) groups excluding carboxylic acids is 1. The normalized spacial score (nSPS) is 9.76. The maximum Gasteiger partial charge on any atom is 0.253 e. The van der Waals surface area contributed by atoms with Gasteiger partial charge in [0.2, 0.25) is 0 Å². The van der Waals surface area contributed by atoms with Crippen molar-refractivity contribution in [2.75, 3.05) is 13.1 Å². The second kappa shape index (κ2) is 6.26. The Hall–Kier alpha value is -1.54. The molecule has 0 aromatic heterocycles. The van der Waals surface area contributed by atoms with Crippen molar-refractivity contribution >= 4 is 18.5 Å². The number of benzene rings is 1. The molecule has 1 rings (SSSR count). The SMILES string of the molecule is CCN(CCC#N)C(=O)c1ccc(F)c(S)c1. The number of nitriles is 1. The average Bonchev–Trinajstić information content (AvgIpc) is 2.33. The summed E-state index contributed by atoms with van der Waals surface area (Å²) < 4.78 is 13.0. The van der Waals surface area contributed by atoms with Gasteiger partial charge in [-0.15, -0.1) is 12.6 Å². The smallest absolute Gasteiger partial charge is 0.253 e. The lowest BCUT2D eigenvalue weighted by atomic mass is 10.2. The summed E-state index contributed by atoms with van der Waals surface area (Å²) >= 11 is 3.93. The second-order valence-corrected chi connectivity index (χ2v) is 3.94. The molecule has 90 valence electrons. The first-order chi connectivity index (χ1) is 8.10. The highest BCUT2D eigenvalue weighted by atomic mass is 32.1. The second-order valence-electron chi connectivity index (χ2n) is 3.46. The summed E-state index contributed by atoms with van der Waals surface area (Å²) in [5.74, 6) is -0.664. The van der Waals surface area contributed by atoms with E-state index in [2.05, 4.69) is 12.6 Å². The Balaban J connectivity index is 2.86. The Bertz CT molecular complexity index is 456. The van der Waals surface area contributed by atoms with Crippen LogP contribution in [0.4, 0.5) is 4.39 Å². The number of amides is 1. The summed E-state index contributed by atoms with van der Waals surface area (Å²) in [6.45, 7) is 2.73. The van der Waals surface area contributed by atoms with E-state index in [-0.39, 0.29) is 17.2 Å². The molecule has 0 saturated heterocycles. The minimum absolute atomic E-state index is 0.146. The standard InChI is InChI=1S/C12H13FN2OS/c1-2-15(7-3-6-14)12(16)9-4-5-10(13)11(17)8-9/h4-5,8,17H,2-3,7H2,1H3. The molecule has 0 bridgehead atoms. The summed E-state index contributed by atoms with van der Waals surface area (Å²) in [6.07, 6.45) is 0.286. The molecular formula is C12H13FN2OS. The van der Waals surface area contributed by atoms with Gasteiger partial charge in [0.25, 0.3) is 5.91 Å². The van der Waals surface area contributed by atoms with Crippen LogP contribution in [0.5, 0.6) is 0 Å². The molecule has 0 atom stereocenters. The van der Waals surface area contributed by atoms with E-state index in [9.17, 15) is 9.18 Å². The summed E-state index contributed by atoms with van der Waals surface area (Å²) in [6, 6.07) is 6.03. The van der Waals surface area contributed by atoms with E-state index in [4.69, 9.17) is 5.26 Å². The number of thiol groups is 1. The maximum atomic E-state index is 13.0. The quantitative estimate of drug-likeness (QED) is 0.837. The van der Waals surface area contributed by atoms with E-state index in [1.807, 2.05) is 13.0 Å². The summed E-state index contributed by atoms with van der Waals surface area (Å²) in [7, 11) is 0. The molecule has 0 fully saturated rings. The third-order valence-electron chi connectivity index (χ3n) is 2.36. The van der Waals surface area contributed by atoms with E-state index in [1.54, 1.807) is 4.90 Å². The highest BCUT2D eigenvalue weighted by Crippen LogP contribution is 2.15.